The van der Waals surface area contributed by atoms with Crippen molar-refractivity contribution in [1.29, 1.82) is 0 Å². The van der Waals surface area contributed by atoms with Crippen molar-refractivity contribution in [3.8, 4) is 11.5 Å². The van der Waals surface area contributed by atoms with Crippen LogP contribution in [-0.4, -0.2) is 72.0 Å². The first-order valence-electron chi connectivity index (χ1n) is 16.6. The van der Waals surface area contributed by atoms with Crippen LogP contribution in [0.2, 0.25) is 0 Å². The number of methoxy groups -OCH3 is 2. The summed E-state index contributed by atoms with van der Waals surface area (Å²) in [5.41, 5.74) is 0.378. The van der Waals surface area contributed by atoms with Gasteiger partial charge in [0.2, 0.25) is 0 Å². The normalized spacial score (nSPS) is 17.6. The lowest BCUT2D eigenvalue weighted by Crippen LogP contribution is -2.38. The fourth-order valence-corrected chi connectivity index (χ4v) is 6.45. The first-order chi connectivity index (χ1) is 24.1. The molecule has 0 radical (unpaired) electrons. The molecule has 5 rings (SSSR count). The highest BCUT2D eigenvalue weighted by atomic mass is 31.1. The third kappa shape index (κ3) is 9.14. The molecule has 3 aromatic carbocycles. The maximum atomic E-state index is 12.6. The second kappa shape index (κ2) is 18.2. The molecule has 0 amide bonds. The molecule has 1 unspecified atom stereocenters. The van der Waals surface area contributed by atoms with Crippen LogP contribution < -0.4 is 20.7 Å². The van der Waals surface area contributed by atoms with E-state index in [1.54, 1.807) is 21.1 Å². The lowest BCUT2D eigenvalue weighted by atomic mass is 9.80. The molecule has 13 heteroatoms. The van der Waals surface area contributed by atoms with Crippen molar-refractivity contribution < 1.29 is 32.9 Å². The first-order valence-corrected chi connectivity index (χ1v) is 17.7. The summed E-state index contributed by atoms with van der Waals surface area (Å²) in [7, 11) is 0.198. The number of aromatic amines is 1. The minimum absolute atomic E-state index is 0.0739. The Morgan fingerprint density at radius 1 is 0.880 bits per heavy atom. The van der Waals surface area contributed by atoms with Crippen molar-refractivity contribution in [2.75, 3.05) is 40.5 Å². The van der Waals surface area contributed by atoms with Crippen LogP contribution in [0.15, 0.2) is 94.6 Å². The predicted molar refractivity (Wildman–Crippen MR) is 191 cm³/mol. The molecular formula is C37H47N3O9P+. The van der Waals surface area contributed by atoms with E-state index in [4.69, 9.17) is 23.5 Å². The zero-order valence-electron chi connectivity index (χ0n) is 29.4. The molecule has 0 bridgehead atoms. The summed E-state index contributed by atoms with van der Waals surface area (Å²) in [5, 5.41) is 0. The predicted octanol–water partition coefficient (Wildman–Crippen LogP) is 5.54. The SMILES string of the molecule is CCN(CC)CC.COc1ccc(C(OC[C@H]2O[C@@H](n3cc(C)c(=O)[nH]c3=O)C[C@@H]2O[P+](=O)O)(c2ccccc2)c2ccc(OC)cc2)cc1. The highest BCUT2D eigenvalue weighted by Crippen LogP contribution is 2.43. The minimum Gasteiger partial charge on any atom is -0.497 e. The number of hydrogen-bond acceptors (Lipinski definition) is 9. The van der Waals surface area contributed by atoms with Gasteiger partial charge in [-0.15, -0.1) is 9.42 Å². The molecule has 1 aliphatic heterocycles. The van der Waals surface area contributed by atoms with Gasteiger partial charge in [-0.25, -0.2) is 4.79 Å². The van der Waals surface area contributed by atoms with Crippen molar-refractivity contribution >= 4 is 8.25 Å². The molecular weight excluding hydrogens is 661 g/mol. The lowest BCUT2D eigenvalue weighted by molar-refractivity contribution is -0.0917. The van der Waals surface area contributed by atoms with Crippen LogP contribution in [0.4, 0.5) is 0 Å². The Kier molecular flexibility index (Phi) is 14.1. The summed E-state index contributed by atoms with van der Waals surface area (Å²) in [6, 6.07) is 24.7. The maximum absolute atomic E-state index is 12.6. The van der Waals surface area contributed by atoms with Crippen LogP contribution in [0.3, 0.4) is 0 Å². The average Bonchev–Trinajstić information content (AvgIpc) is 3.53. The molecule has 1 saturated heterocycles. The average molecular weight is 709 g/mol. The van der Waals surface area contributed by atoms with Gasteiger partial charge in [0.25, 0.3) is 5.56 Å². The van der Waals surface area contributed by atoms with E-state index >= 15 is 0 Å². The second-order valence-corrected chi connectivity index (χ2v) is 12.3. The number of aromatic nitrogens is 2. The standard InChI is InChI=1S/C31H31N2O9P.C6H15N/c1-20-18-33(30(35)32-29(20)34)28-17-26(42-43(36)37)27(41-28)19-40-31(21-7-5-4-6-8-21,22-9-13-24(38-2)14-10-22)23-11-15-25(39-3)16-12-23;1-4-7(5-2)6-3/h4-16,18,26-28H,17,19H2,1-3H3,(H-,32,34,35,36,37);4-6H2,1-3H3/p+1/t26-,27+,28+;/m0./s1. The molecule has 2 N–H and O–H groups in total. The Balaban J connectivity index is 0.000000727. The van der Waals surface area contributed by atoms with E-state index in [-0.39, 0.29) is 13.0 Å². The molecule has 0 spiro atoms. The molecule has 1 fully saturated rings. The molecule has 4 aromatic rings. The van der Waals surface area contributed by atoms with E-state index in [9.17, 15) is 19.0 Å². The Labute approximate surface area is 293 Å². The zero-order chi connectivity index (χ0) is 36.3. The van der Waals surface area contributed by atoms with Crippen molar-refractivity contribution in [2.45, 2.75) is 58.2 Å². The third-order valence-electron chi connectivity index (χ3n) is 8.84. The van der Waals surface area contributed by atoms with E-state index < -0.39 is 43.5 Å². The number of hydrogen-bond donors (Lipinski definition) is 2. The van der Waals surface area contributed by atoms with Crippen molar-refractivity contribution in [3.63, 3.8) is 0 Å². The molecule has 0 saturated carbocycles. The third-order valence-corrected chi connectivity index (χ3v) is 9.29. The summed E-state index contributed by atoms with van der Waals surface area (Å²) < 4.78 is 42.3. The van der Waals surface area contributed by atoms with Gasteiger partial charge in [-0.3, -0.25) is 14.3 Å². The van der Waals surface area contributed by atoms with Crippen molar-refractivity contribution in [2.24, 2.45) is 0 Å². The van der Waals surface area contributed by atoms with E-state index in [0.29, 0.717) is 17.1 Å². The van der Waals surface area contributed by atoms with Gasteiger partial charge in [-0.05, 0) is 67.5 Å². The topological polar surface area (TPSA) is 142 Å². The van der Waals surface area contributed by atoms with Crippen molar-refractivity contribution in [1.82, 2.24) is 14.5 Å². The molecule has 268 valence electrons. The number of H-pyrrole nitrogens is 1. The minimum atomic E-state index is -2.99. The van der Waals surface area contributed by atoms with E-state index in [1.807, 2.05) is 78.9 Å². The quantitative estimate of drug-likeness (QED) is 0.127. The van der Waals surface area contributed by atoms with Crippen LogP contribution in [0, 0.1) is 6.92 Å². The monoisotopic (exact) mass is 708 g/mol. The highest BCUT2D eigenvalue weighted by Gasteiger charge is 2.46. The molecule has 1 aromatic heterocycles. The van der Waals surface area contributed by atoms with Gasteiger partial charge in [0.05, 0.1) is 20.8 Å². The van der Waals surface area contributed by atoms with Crippen LogP contribution in [-0.2, 0) is 24.2 Å². The number of rotatable bonds is 14. The van der Waals surface area contributed by atoms with Crippen LogP contribution >= 0.6 is 8.25 Å². The molecule has 4 atom stereocenters. The number of benzene rings is 3. The molecule has 2 heterocycles. The fourth-order valence-electron chi connectivity index (χ4n) is 6.00. The Bertz CT molecular complexity index is 1720. The molecule has 12 nitrogen and oxygen atoms in total. The number of nitrogens with one attached hydrogen (secondary N) is 1. The Hall–Kier alpha value is -4.16. The molecule has 50 heavy (non-hydrogen) atoms. The van der Waals surface area contributed by atoms with Gasteiger partial charge in [-0.1, -0.05) is 75.4 Å². The molecule has 0 aliphatic carbocycles. The summed E-state index contributed by atoms with van der Waals surface area (Å²) in [6.07, 6.45) is -1.14. The van der Waals surface area contributed by atoms with E-state index in [2.05, 4.69) is 30.7 Å². The van der Waals surface area contributed by atoms with Gasteiger partial charge >= 0.3 is 13.9 Å². The number of ether oxygens (including phenoxy) is 4. The largest absolute Gasteiger partial charge is 0.695 e. The zero-order valence-corrected chi connectivity index (χ0v) is 30.3. The summed E-state index contributed by atoms with van der Waals surface area (Å²) in [4.78, 5) is 38.8. The van der Waals surface area contributed by atoms with Gasteiger partial charge in [-0.2, -0.15) is 0 Å². The molecule has 1 aliphatic rings. The maximum Gasteiger partial charge on any atom is 0.695 e. The van der Waals surface area contributed by atoms with E-state index in [1.165, 1.54) is 30.4 Å². The number of nitrogens with zero attached hydrogens (tertiary/aromatic N) is 2. The van der Waals surface area contributed by atoms with Crippen LogP contribution in [0.1, 0.15) is 55.7 Å². The van der Waals surface area contributed by atoms with Crippen molar-refractivity contribution in [3.05, 3.63) is 128 Å². The van der Waals surface area contributed by atoms with Gasteiger partial charge in [0.15, 0.2) is 0 Å². The van der Waals surface area contributed by atoms with Crippen LogP contribution in [0.25, 0.3) is 0 Å². The van der Waals surface area contributed by atoms with Crippen LogP contribution in [0.5, 0.6) is 11.5 Å². The summed E-state index contributed by atoms with van der Waals surface area (Å²) >= 11 is 0. The lowest BCUT2D eigenvalue weighted by Gasteiger charge is -2.37. The van der Waals surface area contributed by atoms with Gasteiger partial charge < -0.3 is 23.8 Å². The smallest absolute Gasteiger partial charge is 0.497 e. The summed E-state index contributed by atoms with van der Waals surface area (Å²) in [6.45, 7) is 11.6. The summed E-state index contributed by atoms with van der Waals surface area (Å²) in [5.74, 6) is 1.34. The first kappa shape index (κ1) is 38.6. The Morgan fingerprint density at radius 2 is 1.40 bits per heavy atom. The van der Waals surface area contributed by atoms with E-state index in [0.717, 1.165) is 16.7 Å². The van der Waals surface area contributed by atoms with Gasteiger partial charge in [0.1, 0.15) is 35.5 Å². The van der Waals surface area contributed by atoms with Gasteiger partial charge in [0, 0.05) is 22.7 Å². The second-order valence-electron chi connectivity index (χ2n) is 11.7. The fraction of sp³-hybridized carbons (Fsp3) is 0.405. The Morgan fingerprint density at radius 3 is 1.86 bits per heavy atom. The highest BCUT2D eigenvalue weighted by molar-refractivity contribution is 7.32. The number of aryl methyl sites for hydroxylation is 1.